The van der Waals surface area contributed by atoms with E-state index in [0.717, 1.165) is 30.3 Å². The Morgan fingerprint density at radius 2 is 2.29 bits per heavy atom. The van der Waals surface area contributed by atoms with Crippen molar-refractivity contribution in [1.82, 2.24) is 14.9 Å². The number of carbonyl (C=O) groups excluding carboxylic acids is 1. The van der Waals surface area contributed by atoms with Gasteiger partial charge in [-0.1, -0.05) is 32.5 Å². The third kappa shape index (κ3) is 3.83. The van der Waals surface area contributed by atoms with Gasteiger partial charge in [-0.25, -0.2) is 4.98 Å². The van der Waals surface area contributed by atoms with Gasteiger partial charge in [-0.05, 0) is 12.8 Å². The van der Waals surface area contributed by atoms with Gasteiger partial charge in [0.25, 0.3) is 5.56 Å². The fraction of sp³-hybridized carbons (Fsp3) is 0.706. The molecule has 0 spiro atoms. The Morgan fingerprint density at radius 3 is 2.96 bits per heavy atom. The average Bonchev–Trinajstić information content (AvgIpc) is 3.04. The van der Waals surface area contributed by atoms with E-state index in [1.165, 1.54) is 11.8 Å². The number of ether oxygens (including phenoxy) is 1. The maximum Gasteiger partial charge on any atom is 0.254 e. The van der Waals surface area contributed by atoms with Gasteiger partial charge in [0, 0.05) is 36.9 Å². The molecule has 1 aromatic rings. The normalized spacial score (nSPS) is 23.8. The van der Waals surface area contributed by atoms with Crippen molar-refractivity contribution in [2.45, 2.75) is 56.8 Å². The first-order chi connectivity index (χ1) is 11.3. The zero-order valence-corrected chi connectivity index (χ0v) is 15.3. The van der Waals surface area contributed by atoms with Crippen LogP contribution < -0.4 is 10.9 Å². The van der Waals surface area contributed by atoms with Crippen molar-refractivity contribution in [3.05, 3.63) is 22.1 Å². The number of rotatable bonds is 3. The molecule has 2 atom stereocenters. The number of nitrogens with one attached hydrogen (secondary N) is 1. The highest BCUT2D eigenvalue weighted by atomic mass is 32.2. The molecule has 7 heteroatoms. The number of thioether (sulfide) groups is 1. The second-order valence-corrected chi connectivity index (χ2v) is 8.50. The largest absolute Gasteiger partial charge is 0.376 e. The van der Waals surface area contributed by atoms with Crippen LogP contribution in [0.25, 0.3) is 0 Å². The van der Waals surface area contributed by atoms with Crippen LogP contribution in [-0.2, 0) is 21.5 Å². The van der Waals surface area contributed by atoms with Gasteiger partial charge in [-0.3, -0.25) is 14.2 Å². The first-order valence-corrected chi connectivity index (χ1v) is 9.47. The lowest BCUT2D eigenvalue weighted by Gasteiger charge is -2.26. The molecule has 0 bridgehead atoms. The van der Waals surface area contributed by atoms with E-state index >= 15 is 0 Å². The van der Waals surface area contributed by atoms with Crippen molar-refractivity contribution in [2.75, 3.05) is 18.9 Å². The summed E-state index contributed by atoms with van der Waals surface area (Å²) < 4.78 is 7.15. The zero-order valence-electron chi connectivity index (χ0n) is 14.5. The molecule has 2 aliphatic heterocycles. The van der Waals surface area contributed by atoms with Crippen molar-refractivity contribution >= 4 is 17.7 Å². The van der Waals surface area contributed by atoms with Crippen molar-refractivity contribution in [3.63, 3.8) is 0 Å². The second kappa shape index (κ2) is 6.88. The molecular weight excluding hydrogens is 326 g/mol. The summed E-state index contributed by atoms with van der Waals surface area (Å²) >= 11 is 1.49. The Labute approximate surface area is 146 Å². The molecule has 1 saturated heterocycles. The van der Waals surface area contributed by atoms with Crippen molar-refractivity contribution in [1.29, 1.82) is 0 Å². The van der Waals surface area contributed by atoms with Gasteiger partial charge < -0.3 is 10.1 Å². The molecule has 3 heterocycles. The van der Waals surface area contributed by atoms with Crippen molar-refractivity contribution in [2.24, 2.45) is 5.92 Å². The Morgan fingerprint density at radius 1 is 1.50 bits per heavy atom. The van der Waals surface area contributed by atoms with Crippen molar-refractivity contribution in [3.8, 4) is 0 Å². The quantitative estimate of drug-likeness (QED) is 0.837. The molecule has 3 rings (SSSR count). The lowest BCUT2D eigenvalue weighted by atomic mass is 9.92. The first-order valence-electron chi connectivity index (χ1n) is 8.49. The average molecular weight is 351 g/mol. The summed E-state index contributed by atoms with van der Waals surface area (Å²) in [6.07, 6.45) is 2.20. The summed E-state index contributed by atoms with van der Waals surface area (Å²) in [5, 5.41) is 3.69. The van der Waals surface area contributed by atoms with Crippen LogP contribution >= 0.6 is 11.8 Å². The smallest absolute Gasteiger partial charge is 0.254 e. The summed E-state index contributed by atoms with van der Waals surface area (Å²) in [5.74, 6) is 0.441. The fourth-order valence-corrected chi connectivity index (χ4v) is 4.01. The third-order valence-electron chi connectivity index (χ3n) is 4.46. The van der Waals surface area contributed by atoms with Gasteiger partial charge in [0.05, 0.1) is 17.7 Å². The van der Waals surface area contributed by atoms with Gasteiger partial charge in [0.1, 0.15) is 0 Å². The summed E-state index contributed by atoms with van der Waals surface area (Å²) in [6.45, 7) is 7.87. The summed E-state index contributed by atoms with van der Waals surface area (Å²) in [6, 6.07) is 1.59. The Kier molecular flexibility index (Phi) is 5.01. The van der Waals surface area contributed by atoms with E-state index in [0.29, 0.717) is 18.8 Å². The van der Waals surface area contributed by atoms with Gasteiger partial charge in [0.2, 0.25) is 5.91 Å². The molecule has 0 saturated carbocycles. The number of carbonyl (C=O) groups is 1. The minimum absolute atomic E-state index is 0.00421. The SMILES string of the molecule is CC(C)(C)c1cc(=O)n2c(n1)SCC(C(=O)NCC1CCCO1)C2. The molecule has 6 nitrogen and oxygen atoms in total. The predicted octanol–water partition coefficient (Wildman–Crippen LogP) is 1.56. The molecule has 1 amide bonds. The predicted molar refractivity (Wildman–Crippen MR) is 93.4 cm³/mol. The Bertz CT molecular complexity index is 675. The minimum Gasteiger partial charge on any atom is -0.376 e. The summed E-state index contributed by atoms with van der Waals surface area (Å²) in [5.41, 5.74) is 0.562. The van der Waals surface area contributed by atoms with Crippen LogP contribution in [0, 0.1) is 5.92 Å². The van der Waals surface area contributed by atoms with E-state index in [2.05, 4.69) is 10.3 Å². The monoisotopic (exact) mass is 351 g/mol. The van der Waals surface area contributed by atoms with Crippen LogP contribution in [0.4, 0.5) is 0 Å². The number of nitrogens with zero attached hydrogens (tertiary/aromatic N) is 2. The number of aromatic nitrogens is 2. The van der Waals surface area contributed by atoms with Crippen LogP contribution in [0.3, 0.4) is 0 Å². The molecule has 1 N–H and O–H groups in total. The molecule has 132 valence electrons. The molecule has 2 unspecified atom stereocenters. The first kappa shape index (κ1) is 17.5. The van der Waals surface area contributed by atoms with Gasteiger partial charge in [-0.2, -0.15) is 0 Å². The summed E-state index contributed by atoms with van der Waals surface area (Å²) in [7, 11) is 0. The highest BCUT2D eigenvalue weighted by Gasteiger charge is 2.29. The lowest BCUT2D eigenvalue weighted by molar-refractivity contribution is -0.125. The lowest BCUT2D eigenvalue weighted by Crippen LogP contribution is -2.42. The molecule has 1 fully saturated rings. The molecular formula is C17H25N3O3S. The highest BCUT2D eigenvalue weighted by Crippen LogP contribution is 2.28. The number of hydrogen-bond acceptors (Lipinski definition) is 5. The van der Waals surface area contributed by atoms with Crippen LogP contribution in [0.15, 0.2) is 16.0 Å². The molecule has 0 aliphatic carbocycles. The third-order valence-corrected chi connectivity index (χ3v) is 5.60. The van der Waals surface area contributed by atoms with Gasteiger partial charge in [-0.15, -0.1) is 0 Å². The number of hydrogen-bond donors (Lipinski definition) is 1. The molecule has 2 aliphatic rings. The topological polar surface area (TPSA) is 73.2 Å². The van der Waals surface area contributed by atoms with E-state index in [9.17, 15) is 9.59 Å². The minimum atomic E-state index is -0.205. The second-order valence-electron chi connectivity index (χ2n) is 7.51. The Hall–Kier alpha value is -1.34. The van der Waals surface area contributed by atoms with E-state index in [-0.39, 0.29) is 28.9 Å². The molecule has 0 radical (unpaired) electrons. The van der Waals surface area contributed by atoms with E-state index in [1.807, 2.05) is 20.8 Å². The molecule has 24 heavy (non-hydrogen) atoms. The number of amides is 1. The van der Waals surface area contributed by atoms with Crippen LogP contribution in [0.5, 0.6) is 0 Å². The molecule has 0 aromatic carbocycles. The maximum absolute atomic E-state index is 12.4. The van der Waals surface area contributed by atoms with Crippen LogP contribution in [-0.4, -0.2) is 40.5 Å². The fourth-order valence-electron chi connectivity index (χ4n) is 2.92. The van der Waals surface area contributed by atoms with E-state index in [4.69, 9.17) is 4.74 Å². The van der Waals surface area contributed by atoms with Crippen molar-refractivity contribution < 1.29 is 9.53 Å². The van der Waals surface area contributed by atoms with Crippen LogP contribution in [0.1, 0.15) is 39.3 Å². The zero-order chi connectivity index (χ0) is 17.3. The summed E-state index contributed by atoms with van der Waals surface area (Å²) in [4.78, 5) is 29.4. The maximum atomic E-state index is 12.4. The highest BCUT2D eigenvalue weighted by molar-refractivity contribution is 7.99. The number of fused-ring (bicyclic) bond motifs is 1. The molecule has 1 aromatic heterocycles. The van der Waals surface area contributed by atoms with E-state index in [1.54, 1.807) is 10.6 Å². The standard InChI is InChI=1S/C17H25N3O3S/c1-17(2,3)13-7-14(21)20-9-11(10-24-16(20)19-13)15(22)18-8-12-5-4-6-23-12/h7,11-12H,4-6,8-10H2,1-3H3,(H,18,22). The van der Waals surface area contributed by atoms with Gasteiger partial charge in [0.15, 0.2) is 5.16 Å². The van der Waals surface area contributed by atoms with Crippen LogP contribution in [0.2, 0.25) is 0 Å². The van der Waals surface area contributed by atoms with Gasteiger partial charge >= 0.3 is 0 Å². The Balaban J connectivity index is 1.67. The van der Waals surface area contributed by atoms with E-state index < -0.39 is 0 Å².